The second-order valence-corrected chi connectivity index (χ2v) is 4.86. The minimum absolute atomic E-state index is 0.0258. The Hall–Kier alpha value is -2.18. The van der Waals surface area contributed by atoms with Crippen molar-refractivity contribution in [2.24, 2.45) is 10.7 Å². The van der Waals surface area contributed by atoms with Crippen LogP contribution in [-0.4, -0.2) is 50.8 Å². The van der Waals surface area contributed by atoms with Gasteiger partial charge in [-0.2, -0.15) is 0 Å². The van der Waals surface area contributed by atoms with Gasteiger partial charge in [0.15, 0.2) is 0 Å². The Bertz CT molecular complexity index is 541. The number of carboxylic acids is 1. The molecule has 6 nitrogen and oxygen atoms in total. The summed E-state index contributed by atoms with van der Waals surface area (Å²) < 4.78 is 10.3. The van der Waals surface area contributed by atoms with Gasteiger partial charge < -0.3 is 20.3 Å². The Labute approximate surface area is 136 Å². The summed E-state index contributed by atoms with van der Waals surface area (Å²) in [5, 5.41) is 8.54. The summed E-state index contributed by atoms with van der Waals surface area (Å²) in [6, 6.07) is 7.95. The van der Waals surface area contributed by atoms with E-state index in [0.717, 1.165) is 16.7 Å². The molecule has 3 N–H and O–H groups in total. The molecule has 0 fully saturated rings. The van der Waals surface area contributed by atoms with Crippen LogP contribution >= 0.6 is 0 Å². The molecule has 23 heavy (non-hydrogen) atoms. The van der Waals surface area contributed by atoms with E-state index >= 15 is 0 Å². The summed E-state index contributed by atoms with van der Waals surface area (Å²) >= 11 is 0. The minimum atomic E-state index is -0.850. The number of carboxylic acid groups (broad SMARTS) is 1. The van der Waals surface area contributed by atoms with E-state index in [1.54, 1.807) is 13.3 Å². The summed E-state index contributed by atoms with van der Waals surface area (Å²) in [4.78, 5) is 14.7. The number of carbonyl (C=O) groups is 1. The normalized spacial score (nSPS) is 12.0. The second-order valence-electron chi connectivity index (χ2n) is 4.86. The van der Waals surface area contributed by atoms with Crippen LogP contribution in [0.4, 0.5) is 0 Å². The van der Waals surface area contributed by atoms with Crippen molar-refractivity contribution in [1.82, 2.24) is 0 Å². The molecule has 0 bridgehead atoms. The van der Waals surface area contributed by atoms with Crippen LogP contribution in [0.3, 0.4) is 0 Å². The predicted molar refractivity (Wildman–Crippen MR) is 90.6 cm³/mol. The fourth-order valence-corrected chi connectivity index (χ4v) is 1.88. The Morgan fingerprint density at radius 2 is 2.17 bits per heavy atom. The number of hydrogen-bond acceptors (Lipinski definition) is 5. The number of allylic oxidation sites excluding steroid dienone is 1. The maximum Gasteiger partial charge on any atom is 0.305 e. The molecule has 126 valence electrons. The predicted octanol–water partition coefficient (Wildman–Crippen LogP) is 1.74. The lowest BCUT2D eigenvalue weighted by atomic mass is 10.0. The van der Waals surface area contributed by atoms with Gasteiger partial charge in [-0.1, -0.05) is 24.3 Å². The lowest BCUT2D eigenvalue weighted by Crippen LogP contribution is -2.05. The summed E-state index contributed by atoms with van der Waals surface area (Å²) in [5.74, 6) is -0.850. The fourth-order valence-electron chi connectivity index (χ4n) is 1.88. The van der Waals surface area contributed by atoms with E-state index in [9.17, 15) is 4.79 Å². The maximum atomic E-state index is 10.4. The van der Waals surface area contributed by atoms with Crippen molar-refractivity contribution < 1.29 is 19.4 Å². The molecule has 0 amide bonds. The van der Waals surface area contributed by atoms with Crippen molar-refractivity contribution in [2.75, 3.05) is 33.5 Å². The molecule has 0 aliphatic rings. The molecule has 0 radical (unpaired) electrons. The van der Waals surface area contributed by atoms with Crippen molar-refractivity contribution in [3.8, 4) is 0 Å². The Morgan fingerprint density at radius 3 is 2.87 bits per heavy atom. The zero-order valence-corrected chi connectivity index (χ0v) is 13.4. The van der Waals surface area contributed by atoms with Gasteiger partial charge >= 0.3 is 5.97 Å². The van der Waals surface area contributed by atoms with Crippen molar-refractivity contribution in [1.29, 1.82) is 0 Å². The first kappa shape index (κ1) is 18.9. The molecule has 0 spiro atoms. The standard InChI is InChI=1S/C17H24N2O4/c1-22-10-7-19-13-16(12-18)15-4-2-3-14(11-15)5-8-23-9-6-17(20)21/h2-4,11-13H,5-10,18H2,1H3,(H,20,21). The molecular weight excluding hydrogens is 296 g/mol. The minimum Gasteiger partial charge on any atom is -0.481 e. The van der Waals surface area contributed by atoms with Gasteiger partial charge in [0.05, 0.1) is 32.8 Å². The molecule has 0 aliphatic carbocycles. The van der Waals surface area contributed by atoms with E-state index in [-0.39, 0.29) is 13.0 Å². The van der Waals surface area contributed by atoms with E-state index in [1.807, 2.05) is 24.3 Å². The quantitative estimate of drug-likeness (QED) is 0.478. The average molecular weight is 320 g/mol. The van der Waals surface area contributed by atoms with E-state index in [4.69, 9.17) is 20.3 Å². The lowest BCUT2D eigenvalue weighted by molar-refractivity contribution is -0.138. The van der Waals surface area contributed by atoms with Gasteiger partial charge in [-0.3, -0.25) is 9.79 Å². The van der Waals surface area contributed by atoms with Crippen molar-refractivity contribution in [3.63, 3.8) is 0 Å². The van der Waals surface area contributed by atoms with Crippen LogP contribution in [-0.2, 0) is 20.7 Å². The summed E-state index contributed by atoms with van der Waals surface area (Å²) in [6.45, 7) is 1.88. The van der Waals surface area contributed by atoms with Gasteiger partial charge in [0.1, 0.15) is 0 Å². The number of nitrogens with two attached hydrogens (primary N) is 1. The monoisotopic (exact) mass is 320 g/mol. The third-order valence-corrected chi connectivity index (χ3v) is 3.09. The Kier molecular flexibility index (Phi) is 9.35. The fraction of sp³-hybridized carbons (Fsp3) is 0.412. The van der Waals surface area contributed by atoms with E-state index in [1.165, 1.54) is 6.20 Å². The number of benzene rings is 1. The van der Waals surface area contributed by atoms with Crippen LogP contribution in [0.15, 0.2) is 35.5 Å². The number of rotatable bonds is 11. The average Bonchev–Trinajstić information content (AvgIpc) is 2.55. The van der Waals surface area contributed by atoms with Crippen LogP contribution < -0.4 is 5.73 Å². The number of aliphatic carboxylic acids is 1. The van der Waals surface area contributed by atoms with Gasteiger partial charge in [0.25, 0.3) is 0 Å². The van der Waals surface area contributed by atoms with Gasteiger partial charge in [-0.25, -0.2) is 0 Å². The Balaban J connectivity index is 2.54. The van der Waals surface area contributed by atoms with Crippen LogP contribution in [0.25, 0.3) is 5.57 Å². The highest BCUT2D eigenvalue weighted by Gasteiger charge is 2.01. The molecule has 0 aliphatic heterocycles. The highest BCUT2D eigenvalue weighted by molar-refractivity contribution is 6.09. The smallest absolute Gasteiger partial charge is 0.305 e. The maximum absolute atomic E-state index is 10.4. The van der Waals surface area contributed by atoms with Gasteiger partial charge in [-0.05, 0) is 17.5 Å². The van der Waals surface area contributed by atoms with Crippen molar-refractivity contribution in [3.05, 3.63) is 41.6 Å². The summed E-state index contributed by atoms with van der Waals surface area (Å²) in [7, 11) is 1.64. The molecule has 0 saturated carbocycles. The molecule has 6 heteroatoms. The SMILES string of the molecule is COCCN=CC(=CN)c1cccc(CCOCCC(=O)O)c1. The molecule has 0 unspecified atom stereocenters. The molecule has 1 aromatic carbocycles. The molecule has 0 aromatic heterocycles. The van der Waals surface area contributed by atoms with Crippen molar-refractivity contribution >= 4 is 17.8 Å². The zero-order valence-electron chi connectivity index (χ0n) is 13.4. The molecule has 1 rings (SSSR count). The lowest BCUT2D eigenvalue weighted by Gasteiger charge is -2.06. The van der Waals surface area contributed by atoms with E-state index in [0.29, 0.717) is 26.2 Å². The highest BCUT2D eigenvalue weighted by atomic mass is 16.5. The van der Waals surface area contributed by atoms with Gasteiger partial charge in [0, 0.05) is 25.1 Å². The van der Waals surface area contributed by atoms with Crippen LogP contribution in [0.1, 0.15) is 17.5 Å². The third-order valence-electron chi connectivity index (χ3n) is 3.09. The van der Waals surface area contributed by atoms with Crippen LogP contribution in [0, 0.1) is 0 Å². The number of aliphatic imine (C=N–C) groups is 1. The first-order chi connectivity index (χ1) is 11.2. The summed E-state index contributed by atoms with van der Waals surface area (Å²) in [6.07, 6.45) is 4.00. The largest absolute Gasteiger partial charge is 0.481 e. The Morgan fingerprint density at radius 1 is 1.35 bits per heavy atom. The number of ether oxygens (including phenoxy) is 2. The molecule has 0 saturated heterocycles. The second kappa shape index (κ2) is 11.4. The molecular formula is C17H24N2O4. The highest BCUT2D eigenvalue weighted by Crippen LogP contribution is 2.14. The number of nitrogens with zero attached hydrogens (tertiary/aromatic N) is 1. The van der Waals surface area contributed by atoms with Crippen LogP contribution in [0.5, 0.6) is 0 Å². The van der Waals surface area contributed by atoms with E-state index < -0.39 is 5.97 Å². The molecule has 1 aromatic rings. The number of hydrogen-bond donors (Lipinski definition) is 2. The third kappa shape index (κ3) is 8.13. The van der Waals surface area contributed by atoms with Crippen LogP contribution in [0.2, 0.25) is 0 Å². The first-order valence-corrected chi connectivity index (χ1v) is 7.47. The van der Waals surface area contributed by atoms with Gasteiger partial charge in [-0.15, -0.1) is 0 Å². The zero-order chi connectivity index (χ0) is 16.9. The molecule has 0 atom stereocenters. The topological polar surface area (TPSA) is 94.1 Å². The molecule has 0 heterocycles. The summed E-state index contributed by atoms with van der Waals surface area (Å²) in [5.41, 5.74) is 8.60. The first-order valence-electron chi connectivity index (χ1n) is 7.47. The van der Waals surface area contributed by atoms with Crippen molar-refractivity contribution in [2.45, 2.75) is 12.8 Å². The van der Waals surface area contributed by atoms with Gasteiger partial charge in [0.2, 0.25) is 0 Å². The van der Waals surface area contributed by atoms with E-state index in [2.05, 4.69) is 4.99 Å². The number of methoxy groups -OCH3 is 1.